The zero-order chi connectivity index (χ0) is 15.3. The highest BCUT2D eigenvalue weighted by Gasteiger charge is 2.29. The van der Waals surface area contributed by atoms with Crippen molar-refractivity contribution >= 4 is 17.5 Å². The van der Waals surface area contributed by atoms with Gasteiger partial charge in [0, 0.05) is 25.0 Å². The Labute approximate surface area is 125 Å². The number of ether oxygens (including phenoxy) is 2. The Morgan fingerprint density at radius 3 is 2.45 bits per heavy atom. The maximum absolute atomic E-state index is 12.3. The Morgan fingerprint density at radius 2 is 1.95 bits per heavy atom. The maximum Gasteiger partial charge on any atom is 0.229 e. The summed E-state index contributed by atoms with van der Waals surface area (Å²) in [6.45, 7) is 4.11. The van der Waals surface area contributed by atoms with Gasteiger partial charge < -0.3 is 14.4 Å². The number of halogens is 1. The Morgan fingerprint density at radius 1 is 1.30 bits per heavy atom. The molecule has 0 aliphatic rings. The van der Waals surface area contributed by atoms with Crippen molar-refractivity contribution in [3.63, 3.8) is 0 Å². The predicted octanol–water partition coefficient (Wildman–Crippen LogP) is 2.93. The molecule has 0 aliphatic carbocycles. The summed E-state index contributed by atoms with van der Waals surface area (Å²) in [4.78, 5) is 14.0. The molecular weight excluding hydrogens is 278 g/mol. The largest absolute Gasteiger partial charge is 0.497 e. The molecule has 0 saturated heterocycles. The highest BCUT2D eigenvalue weighted by molar-refractivity contribution is 6.19. The first-order valence-corrected chi connectivity index (χ1v) is 6.91. The Hall–Kier alpha value is -1.42. The summed E-state index contributed by atoms with van der Waals surface area (Å²) in [5.41, 5.74) is 0.315. The lowest BCUT2D eigenvalue weighted by Gasteiger charge is -2.28. The van der Waals surface area contributed by atoms with Crippen LogP contribution in [0, 0.1) is 5.41 Å². The Bertz CT molecular complexity index is 474. The van der Waals surface area contributed by atoms with Gasteiger partial charge in [-0.15, -0.1) is 11.6 Å². The third-order valence-corrected chi connectivity index (χ3v) is 3.82. The third kappa shape index (κ3) is 3.79. The third-order valence-electron chi connectivity index (χ3n) is 3.15. The normalized spacial score (nSPS) is 11.1. The Kier molecular flexibility index (Phi) is 5.69. The van der Waals surface area contributed by atoms with Gasteiger partial charge in [0.05, 0.1) is 19.6 Å². The van der Waals surface area contributed by atoms with E-state index in [1.807, 2.05) is 32.0 Å². The van der Waals surface area contributed by atoms with E-state index in [0.29, 0.717) is 6.54 Å². The minimum Gasteiger partial charge on any atom is -0.497 e. The fraction of sp³-hybridized carbons (Fsp3) is 0.533. The van der Waals surface area contributed by atoms with Crippen molar-refractivity contribution in [2.75, 3.05) is 27.1 Å². The smallest absolute Gasteiger partial charge is 0.229 e. The van der Waals surface area contributed by atoms with Gasteiger partial charge in [-0.25, -0.2) is 0 Å². The molecule has 0 N–H and O–H groups in total. The van der Waals surface area contributed by atoms with Crippen LogP contribution in [0.2, 0.25) is 0 Å². The number of hydrogen-bond acceptors (Lipinski definition) is 3. The number of carbonyl (C=O) groups excluding carboxylic acids is 1. The van der Waals surface area contributed by atoms with Crippen molar-refractivity contribution in [2.24, 2.45) is 5.41 Å². The quantitative estimate of drug-likeness (QED) is 0.758. The highest BCUT2D eigenvalue weighted by Crippen LogP contribution is 2.27. The molecule has 0 aliphatic heterocycles. The first-order chi connectivity index (χ1) is 9.35. The fourth-order valence-corrected chi connectivity index (χ4v) is 2.02. The molecule has 1 aromatic carbocycles. The van der Waals surface area contributed by atoms with E-state index in [1.165, 1.54) is 0 Å². The number of hydrogen-bond donors (Lipinski definition) is 0. The number of alkyl halides is 1. The lowest BCUT2D eigenvalue weighted by atomic mass is 9.94. The molecule has 1 aromatic rings. The number of methoxy groups -OCH3 is 2. The second-order valence-corrected chi connectivity index (χ2v) is 5.62. The SMILES string of the molecule is COc1ccc(OC)c(CN(C)C(=O)C(C)(C)CCl)c1. The average Bonchev–Trinajstić information content (AvgIpc) is 2.46. The fourth-order valence-electron chi connectivity index (χ4n) is 1.91. The van der Waals surface area contributed by atoms with Crippen LogP contribution in [0.4, 0.5) is 0 Å². The van der Waals surface area contributed by atoms with Crippen molar-refractivity contribution in [2.45, 2.75) is 20.4 Å². The molecule has 0 atom stereocenters. The summed E-state index contributed by atoms with van der Waals surface area (Å²) >= 11 is 5.85. The lowest BCUT2D eigenvalue weighted by molar-refractivity contribution is -0.138. The van der Waals surface area contributed by atoms with Gasteiger partial charge in [0.2, 0.25) is 5.91 Å². The molecule has 0 heterocycles. The minimum absolute atomic E-state index is 0.00243. The van der Waals surface area contributed by atoms with E-state index in [9.17, 15) is 4.79 Å². The molecule has 112 valence electrons. The van der Waals surface area contributed by atoms with Gasteiger partial charge in [0.25, 0.3) is 0 Å². The van der Waals surface area contributed by atoms with E-state index in [2.05, 4.69) is 0 Å². The van der Waals surface area contributed by atoms with E-state index in [1.54, 1.807) is 26.2 Å². The zero-order valence-corrected chi connectivity index (χ0v) is 13.5. The van der Waals surface area contributed by atoms with Gasteiger partial charge in [0.1, 0.15) is 11.5 Å². The molecule has 1 rings (SSSR count). The van der Waals surface area contributed by atoms with Crippen LogP contribution in [0.1, 0.15) is 19.4 Å². The number of benzene rings is 1. The van der Waals surface area contributed by atoms with Gasteiger partial charge >= 0.3 is 0 Å². The number of amides is 1. The summed E-state index contributed by atoms with van der Waals surface area (Å²) in [6, 6.07) is 5.53. The van der Waals surface area contributed by atoms with Crippen molar-refractivity contribution < 1.29 is 14.3 Å². The summed E-state index contributed by atoms with van der Waals surface area (Å²) < 4.78 is 10.5. The second-order valence-electron chi connectivity index (χ2n) is 5.36. The van der Waals surface area contributed by atoms with Crippen LogP contribution in [0.3, 0.4) is 0 Å². The molecule has 0 unspecified atom stereocenters. The van der Waals surface area contributed by atoms with Crippen molar-refractivity contribution in [3.05, 3.63) is 23.8 Å². The first kappa shape index (κ1) is 16.6. The standard InChI is InChI=1S/C15H22ClNO3/c1-15(2,10-16)14(18)17(3)9-11-8-12(19-4)6-7-13(11)20-5/h6-8H,9-10H2,1-5H3. The molecular formula is C15H22ClNO3. The van der Waals surface area contributed by atoms with E-state index in [4.69, 9.17) is 21.1 Å². The molecule has 0 bridgehead atoms. The van der Waals surface area contributed by atoms with Gasteiger partial charge in [0.15, 0.2) is 0 Å². The zero-order valence-electron chi connectivity index (χ0n) is 12.7. The molecule has 0 aromatic heterocycles. The summed E-state index contributed by atoms with van der Waals surface area (Å²) in [5.74, 6) is 1.75. The molecule has 0 radical (unpaired) electrons. The van der Waals surface area contributed by atoms with Gasteiger partial charge in [-0.1, -0.05) is 0 Å². The van der Waals surface area contributed by atoms with E-state index >= 15 is 0 Å². The van der Waals surface area contributed by atoms with Crippen LogP contribution in [-0.4, -0.2) is 38.0 Å². The maximum atomic E-state index is 12.3. The first-order valence-electron chi connectivity index (χ1n) is 6.38. The number of nitrogens with zero attached hydrogens (tertiary/aromatic N) is 1. The number of carbonyl (C=O) groups is 1. The van der Waals surface area contributed by atoms with Gasteiger partial charge in [-0.3, -0.25) is 4.79 Å². The van der Waals surface area contributed by atoms with Crippen LogP contribution >= 0.6 is 11.6 Å². The molecule has 1 amide bonds. The lowest BCUT2D eigenvalue weighted by Crippen LogP contribution is -2.39. The van der Waals surface area contributed by atoms with Crippen LogP contribution in [0.15, 0.2) is 18.2 Å². The molecule has 20 heavy (non-hydrogen) atoms. The molecule has 0 spiro atoms. The van der Waals surface area contributed by atoms with Crippen LogP contribution < -0.4 is 9.47 Å². The Balaban J connectivity index is 2.94. The number of rotatable bonds is 6. The van der Waals surface area contributed by atoms with Crippen LogP contribution in [0.25, 0.3) is 0 Å². The second kappa shape index (κ2) is 6.84. The van der Waals surface area contributed by atoms with Crippen molar-refractivity contribution in [1.82, 2.24) is 4.90 Å². The predicted molar refractivity (Wildman–Crippen MR) is 80.5 cm³/mol. The summed E-state index contributed by atoms with van der Waals surface area (Å²) in [7, 11) is 4.97. The van der Waals surface area contributed by atoms with Crippen LogP contribution in [-0.2, 0) is 11.3 Å². The summed E-state index contributed by atoms with van der Waals surface area (Å²) in [5, 5.41) is 0. The van der Waals surface area contributed by atoms with Crippen LogP contribution in [0.5, 0.6) is 11.5 Å². The summed E-state index contributed by atoms with van der Waals surface area (Å²) in [6.07, 6.45) is 0. The average molecular weight is 300 g/mol. The molecule has 5 heteroatoms. The van der Waals surface area contributed by atoms with Crippen molar-refractivity contribution in [1.29, 1.82) is 0 Å². The van der Waals surface area contributed by atoms with Gasteiger partial charge in [-0.2, -0.15) is 0 Å². The minimum atomic E-state index is -0.581. The van der Waals surface area contributed by atoms with Crippen molar-refractivity contribution in [3.8, 4) is 11.5 Å². The van der Waals surface area contributed by atoms with E-state index in [-0.39, 0.29) is 11.8 Å². The molecule has 0 fully saturated rings. The molecule has 4 nitrogen and oxygen atoms in total. The van der Waals surface area contributed by atoms with Gasteiger partial charge in [-0.05, 0) is 32.0 Å². The molecule has 0 saturated carbocycles. The monoisotopic (exact) mass is 299 g/mol. The van der Waals surface area contributed by atoms with E-state index in [0.717, 1.165) is 17.1 Å². The van der Waals surface area contributed by atoms with E-state index < -0.39 is 5.41 Å². The highest BCUT2D eigenvalue weighted by atomic mass is 35.5. The topological polar surface area (TPSA) is 38.8 Å².